The molecule has 2 atom stereocenters. The van der Waals surface area contributed by atoms with Crippen LogP contribution in [-0.4, -0.2) is 94.5 Å². The number of methoxy groups -OCH3 is 2. The van der Waals surface area contributed by atoms with Crippen molar-refractivity contribution in [2.24, 2.45) is 0 Å². The number of nitrogens with zero attached hydrogens (tertiary/aromatic N) is 2. The van der Waals surface area contributed by atoms with Crippen LogP contribution >= 0.6 is 7.92 Å². The van der Waals surface area contributed by atoms with Crippen molar-refractivity contribution in [3.63, 3.8) is 0 Å². The molecule has 0 saturated heterocycles. The van der Waals surface area contributed by atoms with Crippen LogP contribution < -0.4 is 31.3 Å². The monoisotopic (exact) mass is 1200 g/mol. The van der Waals surface area contributed by atoms with Crippen LogP contribution in [0, 0.1) is 0 Å². The molecule has 9 rings (SSSR count). The van der Waals surface area contributed by atoms with Crippen molar-refractivity contribution in [2.75, 3.05) is 37.9 Å². The topological polar surface area (TPSA) is 220 Å². The molecule has 0 radical (unpaired) electrons. The van der Waals surface area contributed by atoms with Crippen LogP contribution in [-0.2, 0) is 64.2 Å². The molecule has 4 N–H and O–H groups in total. The van der Waals surface area contributed by atoms with Gasteiger partial charge in [0.25, 0.3) is 0 Å². The number of carbonyl (C=O) groups is 6. The van der Waals surface area contributed by atoms with E-state index < -0.39 is 55.3 Å². The van der Waals surface area contributed by atoms with Gasteiger partial charge in [-0.25, -0.2) is 19.2 Å². The standard InChI is InChI=1S/C25H30N2O6.C18H15P.C16H21NO5.C9H11NO2.CH4/c1-16(28)26-19-8-6-7-17(13-19)15-32-20-9-10-21-18(14-20)11-12-27(22(21)23(29)31-5)24(30)33-25(2,3)4;1-4-10-16(11-5-1)19(17-12-6-2-7-13-17)18-14-8-3-9-15-18;1-16(2,3)22-15(20)17-8-7-10-9-11(18)5-6-12(10)13(17)14(19)21-4;1-7(12)10-9-4-2-3-8(5-9)6-11;/h6-10,13-14,22H,11-12,15H2,1-5H3,(H,26,28);1-15H;5-6,9,13,18H,7-8H2,1-4H3;2-5,11H,6H2,1H3,(H,10,12);1H4/t22-;;13-;;/m1.1../s1. The van der Waals surface area contributed by atoms with Gasteiger partial charge in [-0.1, -0.05) is 135 Å². The van der Waals surface area contributed by atoms with Crippen LogP contribution in [0.25, 0.3) is 0 Å². The maximum Gasteiger partial charge on any atom is 0.411 e. The Morgan fingerprint density at radius 3 is 1.33 bits per heavy atom. The highest BCUT2D eigenvalue weighted by Gasteiger charge is 2.40. The van der Waals surface area contributed by atoms with Crippen LogP contribution in [0.15, 0.2) is 176 Å². The summed E-state index contributed by atoms with van der Waals surface area (Å²) in [5.41, 5.74) is 4.89. The average Bonchev–Trinajstić information content (AvgIpc) is 0.991. The maximum atomic E-state index is 12.7. The fourth-order valence-corrected chi connectivity index (χ4v) is 11.6. The molecule has 0 unspecified atom stereocenters. The van der Waals surface area contributed by atoms with Crippen molar-refractivity contribution in [1.82, 2.24) is 9.80 Å². The number of amides is 4. The number of fused-ring (bicyclic) bond motifs is 2. The Morgan fingerprint density at radius 1 is 0.529 bits per heavy atom. The van der Waals surface area contributed by atoms with Gasteiger partial charge in [-0.05, 0) is 160 Å². The second kappa shape index (κ2) is 32.5. The number of nitrogens with one attached hydrogen (secondary N) is 2. The predicted molar refractivity (Wildman–Crippen MR) is 341 cm³/mol. The van der Waals surface area contributed by atoms with Crippen molar-refractivity contribution in [3.8, 4) is 11.5 Å². The van der Waals surface area contributed by atoms with E-state index >= 15 is 0 Å². The summed E-state index contributed by atoms with van der Waals surface area (Å²) in [4.78, 5) is 74.5. The molecule has 0 aromatic heterocycles. The van der Waals surface area contributed by atoms with E-state index in [9.17, 15) is 33.9 Å². The number of phenolic OH excluding ortho intramolecular Hbond substituents is 1. The molecule has 18 heteroatoms. The van der Waals surface area contributed by atoms with E-state index in [1.165, 1.54) is 59.8 Å². The van der Waals surface area contributed by atoms with E-state index in [-0.39, 0.29) is 31.6 Å². The molecular weight excluding hydrogens is 1120 g/mol. The Labute approximate surface area is 512 Å². The SMILES string of the molecule is C.CC(=O)Nc1cccc(CO)c1.COC(=O)[C@H]1c2ccc(O)cc2CCN1C(=O)OC(C)(C)C.COC(=O)[C@H]1c2ccc(OCc3cccc(NC(C)=O)c3)cc2CCN1C(=O)OC(C)(C)C.c1ccc(P(c2ccccc2)c2ccccc2)cc1. The van der Waals surface area contributed by atoms with E-state index in [0.717, 1.165) is 22.3 Å². The number of aliphatic hydroxyl groups is 1. The summed E-state index contributed by atoms with van der Waals surface area (Å²) >= 11 is 0. The largest absolute Gasteiger partial charge is 0.508 e. The fourth-order valence-electron chi connectivity index (χ4n) is 9.31. The Kier molecular flexibility index (Phi) is 25.6. The summed E-state index contributed by atoms with van der Waals surface area (Å²) in [5, 5.41) is 27.9. The molecule has 87 heavy (non-hydrogen) atoms. The molecule has 460 valence electrons. The van der Waals surface area contributed by atoms with Crippen LogP contribution in [0.2, 0.25) is 0 Å². The number of esters is 2. The number of benzene rings is 7. The molecule has 2 aliphatic rings. The maximum absolute atomic E-state index is 12.7. The van der Waals surface area contributed by atoms with E-state index in [4.69, 9.17) is 28.8 Å². The molecule has 0 bridgehead atoms. The Balaban J connectivity index is 0.000000223. The number of hydrogen-bond acceptors (Lipinski definition) is 13. The third-order valence-corrected chi connectivity index (χ3v) is 15.4. The van der Waals surface area contributed by atoms with E-state index in [1.807, 2.05) is 30.3 Å². The zero-order valence-corrected chi connectivity index (χ0v) is 51.3. The van der Waals surface area contributed by atoms with Crippen molar-refractivity contribution in [1.29, 1.82) is 0 Å². The summed E-state index contributed by atoms with van der Waals surface area (Å²) in [6.45, 7) is 14.5. The number of phenols is 1. The van der Waals surface area contributed by atoms with Crippen molar-refractivity contribution in [3.05, 3.63) is 209 Å². The minimum Gasteiger partial charge on any atom is -0.508 e. The van der Waals surface area contributed by atoms with Crippen molar-refractivity contribution in [2.45, 2.75) is 112 Å². The smallest absolute Gasteiger partial charge is 0.411 e. The molecule has 0 spiro atoms. The number of aliphatic hydroxyl groups excluding tert-OH is 1. The van der Waals surface area contributed by atoms with Gasteiger partial charge in [0.05, 0.1) is 20.8 Å². The lowest BCUT2D eigenvalue weighted by molar-refractivity contribution is -0.148. The fraction of sp³-hybridized carbons (Fsp3) is 0.304. The first-order valence-electron chi connectivity index (χ1n) is 28.0. The minimum absolute atomic E-state index is 0. The van der Waals surface area contributed by atoms with Gasteiger partial charge in [0, 0.05) is 38.3 Å². The predicted octanol–water partition coefficient (Wildman–Crippen LogP) is 11.8. The molecule has 2 heterocycles. The second-order valence-electron chi connectivity index (χ2n) is 22.0. The van der Waals surface area contributed by atoms with Crippen LogP contribution in [0.3, 0.4) is 0 Å². The van der Waals surface area contributed by atoms with Gasteiger partial charge < -0.3 is 44.5 Å². The lowest BCUT2D eigenvalue weighted by Crippen LogP contribution is -2.46. The van der Waals surface area contributed by atoms with Gasteiger partial charge in [0.1, 0.15) is 29.3 Å². The van der Waals surface area contributed by atoms with Crippen molar-refractivity contribution >= 4 is 71.1 Å². The van der Waals surface area contributed by atoms with E-state index in [2.05, 4.69) is 102 Å². The normalized spacial score (nSPS) is 13.9. The Hall–Kier alpha value is -9.05. The van der Waals surface area contributed by atoms with Crippen molar-refractivity contribution < 1.29 is 62.7 Å². The number of anilines is 2. The summed E-state index contributed by atoms with van der Waals surface area (Å²) in [6.07, 6.45) is -0.0159. The second-order valence-corrected chi connectivity index (χ2v) is 24.2. The summed E-state index contributed by atoms with van der Waals surface area (Å²) in [6, 6.07) is 55.3. The third kappa shape index (κ3) is 20.9. The highest BCUT2D eigenvalue weighted by atomic mass is 31.1. The van der Waals surface area contributed by atoms with Gasteiger partial charge in [0.15, 0.2) is 12.1 Å². The van der Waals surface area contributed by atoms with Crippen LogP contribution in [0.5, 0.6) is 11.5 Å². The molecule has 7 aromatic rings. The molecule has 0 aliphatic carbocycles. The van der Waals surface area contributed by atoms with Gasteiger partial charge in [-0.3, -0.25) is 19.4 Å². The lowest BCUT2D eigenvalue weighted by Gasteiger charge is -2.36. The zero-order chi connectivity index (χ0) is 62.6. The Morgan fingerprint density at radius 2 is 0.931 bits per heavy atom. The Bertz CT molecular complexity index is 3310. The number of carbonyl (C=O) groups excluding carboxylic acids is 6. The molecule has 7 aromatic carbocycles. The number of aromatic hydroxyl groups is 1. The highest BCUT2D eigenvalue weighted by molar-refractivity contribution is 7.79. The molecule has 17 nitrogen and oxygen atoms in total. The van der Waals surface area contributed by atoms with Gasteiger partial charge >= 0.3 is 24.1 Å². The molecule has 4 amide bonds. The first kappa shape index (κ1) is 68.7. The molecular formula is C69H81N4O13P. The van der Waals surface area contributed by atoms with Gasteiger partial charge in [-0.2, -0.15) is 0 Å². The highest BCUT2D eigenvalue weighted by Crippen LogP contribution is 2.37. The summed E-state index contributed by atoms with van der Waals surface area (Å²) < 4.78 is 26.6. The quantitative estimate of drug-likeness (QED) is 0.0539. The van der Waals surface area contributed by atoms with E-state index in [0.29, 0.717) is 60.8 Å². The number of ether oxygens (including phenoxy) is 5. The first-order chi connectivity index (χ1) is 41.0. The van der Waals surface area contributed by atoms with Crippen LogP contribution in [0.1, 0.15) is 108 Å². The number of hydrogen-bond donors (Lipinski definition) is 4. The summed E-state index contributed by atoms with van der Waals surface area (Å²) in [5.74, 6) is -0.516. The third-order valence-electron chi connectivity index (χ3n) is 12.9. The number of rotatable bonds is 11. The average molecular weight is 1210 g/mol. The molecule has 0 saturated carbocycles. The van der Waals surface area contributed by atoms with E-state index in [1.54, 1.807) is 90.1 Å². The van der Waals surface area contributed by atoms with Gasteiger partial charge in [0.2, 0.25) is 11.8 Å². The van der Waals surface area contributed by atoms with Gasteiger partial charge in [-0.15, -0.1) is 0 Å². The zero-order valence-electron chi connectivity index (χ0n) is 50.4. The first-order valence-corrected chi connectivity index (χ1v) is 29.3. The summed E-state index contributed by atoms with van der Waals surface area (Å²) in [7, 11) is 2.14. The lowest BCUT2D eigenvalue weighted by atomic mass is 9.92. The molecule has 2 aliphatic heterocycles. The minimum atomic E-state index is -0.878. The molecule has 0 fully saturated rings. The van der Waals surface area contributed by atoms with Crippen LogP contribution in [0.4, 0.5) is 21.0 Å².